The Hall–Kier alpha value is -3.46. The van der Waals surface area contributed by atoms with Gasteiger partial charge in [-0.3, -0.25) is 14.9 Å². The summed E-state index contributed by atoms with van der Waals surface area (Å²) in [6, 6.07) is 11.1. The number of para-hydroxylation sites is 2. The molecule has 3 aromatic rings. The van der Waals surface area contributed by atoms with Gasteiger partial charge in [0.15, 0.2) is 16.6 Å². The second-order valence-electron chi connectivity index (χ2n) is 6.26. The number of carbonyl (C=O) groups excluding carboxylic acids is 2. The molecule has 0 saturated carbocycles. The average Bonchev–Trinajstić information content (AvgIpc) is 3.15. The number of fused-ring (bicyclic) bond motifs is 1. The Labute approximate surface area is 169 Å². The van der Waals surface area contributed by atoms with Crippen molar-refractivity contribution >= 4 is 34.0 Å². The van der Waals surface area contributed by atoms with Gasteiger partial charge in [0.05, 0.1) is 11.4 Å². The van der Waals surface area contributed by atoms with Crippen LogP contribution < -0.4 is 20.1 Å². The van der Waals surface area contributed by atoms with Crippen molar-refractivity contribution in [1.29, 1.82) is 0 Å². The first-order valence-electron chi connectivity index (χ1n) is 8.72. The molecule has 1 atom stereocenters. The molecule has 148 valence electrons. The minimum absolute atomic E-state index is 0.0890. The Kier molecular flexibility index (Phi) is 5.13. The zero-order chi connectivity index (χ0) is 20.4. The molecule has 1 aliphatic heterocycles. The third-order valence-electron chi connectivity index (χ3n) is 4.10. The molecule has 2 N–H and O–H groups in total. The van der Waals surface area contributed by atoms with Crippen molar-refractivity contribution in [2.45, 2.75) is 13.0 Å². The van der Waals surface area contributed by atoms with Crippen molar-refractivity contribution < 1.29 is 23.5 Å². The van der Waals surface area contributed by atoms with Crippen molar-refractivity contribution in [3.63, 3.8) is 0 Å². The quantitative estimate of drug-likeness (QED) is 0.681. The summed E-state index contributed by atoms with van der Waals surface area (Å²) in [5.74, 6) is -0.0900. The molecular weight excluding hydrogens is 397 g/mol. The number of rotatable bonds is 4. The monoisotopic (exact) mass is 413 g/mol. The van der Waals surface area contributed by atoms with E-state index in [4.69, 9.17) is 9.47 Å². The fourth-order valence-corrected chi connectivity index (χ4v) is 3.54. The normalized spacial score (nSPS) is 14.9. The van der Waals surface area contributed by atoms with E-state index in [9.17, 15) is 14.0 Å². The second-order valence-corrected chi connectivity index (χ2v) is 7.12. The van der Waals surface area contributed by atoms with Gasteiger partial charge in [0, 0.05) is 17.9 Å². The van der Waals surface area contributed by atoms with E-state index in [0.29, 0.717) is 33.6 Å². The summed E-state index contributed by atoms with van der Waals surface area (Å²) in [5.41, 5.74) is 1.35. The van der Waals surface area contributed by atoms with Gasteiger partial charge in [-0.15, -0.1) is 11.3 Å². The molecule has 0 radical (unpaired) electrons. The molecule has 0 saturated heterocycles. The van der Waals surface area contributed by atoms with Gasteiger partial charge in [0.2, 0.25) is 12.0 Å². The number of thiazole rings is 1. The third kappa shape index (κ3) is 4.19. The Bertz CT molecular complexity index is 1090. The van der Waals surface area contributed by atoms with Crippen LogP contribution in [-0.2, 0) is 9.59 Å². The lowest BCUT2D eigenvalue weighted by molar-refractivity contribution is -0.125. The molecule has 0 aliphatic carbocycles. The molecule has 7 nitrogen and oxygen atoms in total. The summed E-state index contributed by atoms with van der Waals surface area (Å²) in [6.45, 7) is 1.43. The van der Waals surface area contributed by atoms with Crippen LogP contribution in [0.4, 0.5) is 15.2 Å². The molecule has 2 aromatic carbocycles. The van der Waals surface area contributed by atoms with Gasteiger partial charge in [-0.25, -0.2) is 9.37 Å². The van der Waals surface area contributed by atoms with Gasteiger partial charge in [-0.2, -0.15) is 0 Å². The molecule has 0 spiro atoms. The first-order valence-corrected chi connectivity index (χ1v) is 9.60. The van der Waals surface area contributed by atoms with E-state index in [0.717, 1.165) is 0 Å². The molecule has 2 heterocycles. The molecule has 4 rings (SSSR count). The highest BCUT2D eigenvalue weighted by molar-refractivity contribution is 7.14. The van der Waals surface area contributed by atoms with Crippen LogP contribution in [0.1, 0.15) is 6.92 Å². The zero-order valence-electron chi connectivity index (χ0n) is 15.3. The fourth-order valence-electron chi connectivity index (χ4n) is 2.82. The summed E-state index contributed by atoms with van der Waals surface area (Å²) in [6.07, 6.45) is -0.807. The highest BCUT2D eigenvalue weighted by Crippen LogP contribution is 2.33. The number of nitrogens with one attached hydrogen (secondary N) is 2. The lowest BCUT2D eigenvalue weighted by Gasteiger charge is -2.25. The predicted octanol–water partition coefficient (Wildman–Crippen LogP) is 3.69. The number of hydrogen-bond acceptors (Lipinski definition) is 6. The van der Waals surface area contributed by atoms with E-state index in [-0.39, 0.29) is 18.4 Å². The molecule has 0 fully saturated rings. The molecule has 1 aromatic heterocycles. The number of halogens is 1. The minimum Gasteiger partial charge on any atom is -0.485 e. The first-order chi connectivity index (χ1) is 14.0. The van der Waals surface area contributed by atoms with Gasteiger partial charge >= 0.3 is 0 Å². The van der Waals surface area contributed by atoms with Crippen molar-refractivity contribution in [2.24, 2.45) is 0 Å². The minimum atomic E-state index is -0.807. The average molecular weight is 413 g/mol. The second kappa shape index (κ2) is 7.88. The van der Waals surface area contributed by atoms with Crippen molar-refractivity contribution in [3.05, 3.63) is 53.7 Å². The van der Waals surface area contributed by atoms with E-state index in [1.54, 1.807) is 23.6 Å². The van der Waals surface area contributed by atoms with Crippen molar-refractivity contribution in [1.82, 2.24) is 4.98 Å². The standard InChI is InChI=1S/C20H16FN3O4S/c1-11(25)22-14-8-12(21)6-7-13(14)15-10-29-20(23-15)24-19(26)18-9-27-16-4-2-3-5-17(16)28-18/h2-8,10,18H,9H2,1H3,(H,22,25)(H,23,24,26)/t18-/m0/s1. The number of amides is 2. The van der Waals surface area contributed by atoms with E-state index in [1.165, 1.54) is 36.5 Å². The number of carbonyl (C=O) groups is 2. The SMILES string of the molecule is CC(=O)Nc1cc(F)ccc1-c1csc(NC(=O)[C@@H]2COc3ccccc3O2)n1. The van der Waals surface area contributed by atoms with Crippen molar-refractivity contribution in [2.75, 3.05) is 17.2 Å². The highest BCUT2D eigenvalue weighted by Gasteiger charge is 2.28. The maximum absolute atomic E-state index is 13.6. The van der Waals surface area contributed by atoms with E-state index in [1.807, 2.05) is 6.07 Å². The lowest BCUT2D eigenvalue weighted by atomic mass is 10.1. The van der Waals surface area contributed by atoms with Gasteiger partial charge in [0.1, 0.15) is 12.4 Å². The largest absolute Gasteiger partial charge is 0.485 e. The molecule has 9 heteroatoms. The Morgan fingerprint density at radius 1 is 1.17 bits per heavy atom. The lowest BCUT2D eigenvalue weighted by Crippen LogP contribution is -2.40. The van der Waals surface area contributed by atoms with Crippen LogP contribution in [0.2, 0.25) is 0 Å². The van der Waals surface area contributed by atoms with E-state index in [2.05, 4.69) is 15.6 Å². The highest BCUT2D eigenvalue weighted by atomic mass is 32.1. The van der Waals surface area contributed by atoms with Crippen LogP contribution in [0.5, 0.6) is 11.5 Å². The fraction of sp³-hybridized carbons (Fsp3) is 0.150. The van der Waals surface area contributed by atoms with Crippen LogP contribution in [0.15, 0.2) is 47.8 Å². The summed E-state index contributed by atoms with van der Waals surface area (Å²) in [7, 11) is 0. The smallest absolute Gasteiger partial charge is 0.270 e. The number of nitrogens with zero attached hydrogens (tertiary/aromatic N) is 1. The van der Waals surface area contributed by atoms with Crippen LogP contribution in [-0.4, -0.2) is 29.5 Å². The van der Waals surface area contributed by atoms with Gasteiger partial charge in [-0.05, 0) is 30.3 Å². The Balaban J connectivity index is 1.49. The van der Waals surface area contributed by atoms with Gasteiger partial charge < -0.3 is 14.8 Å². The van der Waals surface area contributed by atoms with E-state index < -0.39 is 11.9 Å². The molecule has 0 bridgehead atoms. The number of aromatic nitrogens is 1. The molecular formula is C20H16FN3O4S. The number of anilines is 2. The number of benzene rings is 2. The maximum Gasteiger partial charge on any atom is 0.270 e. The summed E-state index contributed by atoms with van der Waals surface area (Å²) < 4.78 is 24.8. The number of hydrogen-bond donors (Lipinski definition) is 2. The Morgan fingerprint density at radius 3 is 2.76 bits per heavy atom. The zero-order valence-corrected chi connectivity index (χ0v) is 16.1. The molecule has 2 amide bonds. The van der Waals surface area contributed by atoms with Crippen LogP contribution >= 0.6 is 11.3 Å². The summed E-state index contributed by atoms with van der Waals surface area (Å²) in [4.78, 5) is 28.3. The first kappa shape index (κ1) is 18.9. The van der Waals surface area contributed by atoms with Gasteiger partial charge in [-0.1, -0.05) is 12.1 Å². The predicted molar refractivity (Wildman–Crippen MR) is 107 cm³/mol. The topological polar surface area (TPSA) is 89.6 Å². The summed E-state index contributed by atoms with van der Waals surface area (Å²) in [5, 5.41) is 7.35. The molecule has 29 heavy (non-hydrogen) atoms. The Morgan fingerprint density at radius 2 is 1.97 bits per heavy atom. The van der Waals surface area contributed by atoms with Crippen LogP contribution in [0.25, 0.3) is 11.3 Å². The molecule has 0 unspecified atom stereocenters. The summed E-state index contributed by atoms with van der Waals surface area (Å²) >= 11 is 1.21. The molecule has 1 aliphatic rings. The third-order valence-corrected chi connectivity index (χ3v) is 4.86. The number of ether oxygens (including phenoxy) is 2. The maximum atomic E-state index is 13.6. The van der Waals surface area contributed by atoms with Gasteiger partial charge in [0.25, 0.3) is 5.91 Å². The van der Waals surface area contributed by atoms with Crippen LogP contribution in [0.3, 0.4) is 0 Å². The van der Waals surface area contributed by atoms with Crippen molar-refractivity contribution in [3.8, 4) is 22.8 Å². The van der Waals surface area contributed by atoms with E-state index >= 15 is 0 Å². The van der Waals surface area contributed by atoms with Crippen LogP contribution in [0, 0.1) is 5.82 Å².